The van der Waals surface area contributed by atoms with Crippen molar-refractivity contribution in [1.29, 1.82) is 0 Å². The van der Waals surface area contributed by atoms with Gasteiger partial charge >= 0.3 is 11.9 Å². The molecule has 1 heterocycles. The van der Waals surface area contributed by atoms with Crippen molar-refractivity contribution >= 4 is 11.9 Å². The second kappa shape index (κ2) is 7.23. The van der Waals surface area contributed by atoms with Crippen molar-refractivity contribution in [3.05, 3.63) is 11.6 Å². The summed E-state index contributed by atoms with van der Waals surface area (Å²) in [7, 11) is 0. The summed E-state index contributed by atoms with van der Waals surface area (Å²) in [6.45, 7) is 17.9. The molecule has 9 atom stereocenters. The number of hydrogen-bond acceptors (Lipinski definition) is 5. The van der Waals surface area contributed by atoms with Crippen molar-refractivity contribution in [3.8, 4) is 0 Å². The molecule has 1 saturated heterocycles. The quantitative estimate of drug-likeness (QED) is 0.326. The smallest absolute Gasteiger partial charge is 0.313 e. The van der Waals surface area contributed by atoms with Gasteiger partial charge in [0.25, 0.3) is 0 Å². The molecule has 37 heavy (non-hydrogen) atoms. The lowest BCUT2D eigenvalue weighted by Crippen LogP contribution is -2.73. The molecule has 6 aliphatic rings. The molecule has 206 valence electrons. The van der Waals surface area contributed by atoms with E-state index in [1.807, 2.05) is 0 Å². The standard InChI is InChI=1S/C32H48O5/c1-19(33)36-24-10-11-28(6)20(27(24,4)5)9-12-29(7)21(28)17-23(34)32-22-18-26(2,3)13-15-31(22,25(35)37-32)16-14-30(29,32)8/h17,20,22-24,34H,9-16,18H2,1-8H3/t20-,22+,23-,24-,28-,29+,30-,31-,32+/m0/s1. The molecule has 4 saturated carbocycles. The van der Waals surface area contributed by atoms with E-state index in [-0.39, 0.29) is 51.0 Å². The van der Waals surface area contributed by atoms with E-state index in [0.717, 1.165) is 57.8 Å². The number of rotatable bonds is 1. The molecule has 5 nitrogen and oxygen atoms in total. The predicted octanol–water partition coefficient (Wildman–Crippen LogP) is 6.37. The fourth-order valence-corrected chi connectivity index (χ4v) is 11.5. The minimum absolute atomic E-state index is 0.0425. The molecular formula is C32H48O5. The van der Waals surface area contributed by atoms with Crippen LogP contribution in [0.4, 0.5) is 0 Å². The number of hydrogen-bond donors (Lipinski definition) is 1. The largest absolute Gasteiger partial charge is 0.462 e. The van der Waals surface area contributed by atoms with Crippen LogP contribution in [0.2, 0.25) is 0 Å². The molecule has 0 aromatic heterocycles. The predicted molar refractivity (Wildman–Crippen MR) is 141 cm³/mol. The normalized spacial score (nSPS) is 53.0. The number of fused-ring (bicyclic) bond motifs is 4. The van der Waals surface area contributed by atoms with E-state index < -0.39 is 17.1 Å². The van der Waals surface area contributed by atoms with Crippen molar-refractivity contribution in [1.82, 2.24) is 0 Å². The Labute approximate surface area is 223 Å². The number of aliphatic hydroxyl groups is 1. The summed E-state index contributed by atoms with van der Waals surface area (Å²) >= 11 is 0. The fraction of sp³-hybridized carbons (Fsp3) is 0.875. The second-order valence-corrected chi connectivity index (χ2v) is 15.9. The van der Waals surface area contributed by atoms with E-state index in [4.69, 9.17) is 9.47 Å². The highest BCUT2D eigenvalue weighted by Gasteiger charge is 2.82. The van der Waals surface area contributed by atoms with Gasteiger partial charge in [0.15, 0.2) is 5.60 Å². The first kappa shape index (κ1) is 25.9. The second-order valence-electron chi connectivity index (χ2n) is 15.9. The van der Waals surface area contributed by atoms with Gasteiger partial charge in [0, 0.05) is 23.7 Å². The molecule has 0 unspecified atom stereocenters. The highest BCUT2D eigenvalue weighted by atomic mass is 16.6. The number of allylic oxidation sites excluding steroid dienone is 1. The van der Waals surface area contributed by atoms with Gasteiger partial charge in [-0.3, -0.25) is 9.59 Å². The summed E-state index contributed by atoms with van der Waals surface area (Å²) in [4.78, 5) is 25.6. The van der Waals surface area contributed by atoms with Crippen LogP contribution in [0.25, 0.3) is 0 Å². The SMILES string of the molecule is CC(=O)O[C@H]1CC[C@]2(C)C3=C[C@H](O)[C@]45OC(=O)[C@@]6(CCC(C)(C)C[C@H]64)CC[C@@]5(C)[C@]3(C)CC[C@H]2C1(C)C. The fourth-order valence-electron chi connectivity index (χ4n) is 11.5. The van der Waals surface area contributed by atoms with Crippen LogP contribution in [0.5, 0.6) is 0 Å². The van der Waals surface area contributed by atoms with Crippen LogP contribution in [0.15, 0.2) is 11.6 Å². The van der Waals surface area contributed by atoms with Crippen LogP contribution in [-0.2, 0) is 19.1 Å². The molecule has 1 aliphatic heterocycles. The Morgan fingerprint density at radius 3 is 2.30 bits per heavy atom. The van der Waals surface area contributed by atoms with E-state index in [1.54, 1.807) is 0 Å². The molecule has 5 fully saturated rings. The van der Waals surface area contributed by atoms with Gasteiger partial charge in [-0.15, -0.1) is 0 Å². The zero-order valence-corrected chi connectivity index (χ0v) is 24.3. The highest BCUT2D eigenvalue weighted by Crippen LogP contribution is 2.79. The first-order valence-electron chi connectivity index (χ1n) is 14.8. The molecule has 5 aliphatic carbocycles. The molecule has 1 N–H and O–H groups in total. The van der Waals surface area contributed by atoms with Crippen molar-refractivity contribution in [2.75, 3.05) is 0 Å². The van der Waals surface area contributed by atoms with Crippen LogP contribution in [0.3, 0.4) is 0 Å². The first-order chi connectivity index (χ1) is 17.0. The minimum atomic E-state index is -0.855. The number of esters is 2. The van der Waals surface area contributed by atoms with E-state index in [9.17, 15) is 14.7 Å². The van der Waals surface area contributed by atoms with Gasteiger partial charge in [0.1, 0.15) is 12.2 Å². The third-order valence-electron chi connectivity index (χ3n) is 13.6. The van der Waals surface area contributed by atoms with Crippen molar-refractivity contribution < 1.29 is 24.2 Å². The number of aliphatic hydroxyl groups excluding tert-OH is 1. The maximum Gasteiger partial charge on any atom is 0.313 e. The number of carbonyl (C=O) groups is 2. The Bertz CT molecular complexity index is 1090. The molecule has 1 spiro atoms. The molecule has 0 radical (unpaired) electrons. The monoisotopic (exact) mass is 512 g/mol. The van der Waals surface area contributed by atoms with E-state index in [2.05, 4.69) is 54.5 Å². The van der Waals surface area contributed by atoms with E-state index in [1.165, 1.54) is 12.5 Å². The van der Waals surface area contributed by atoms with Crippen molar-refractivity contribution in [2.45, 2.75) is 131 Å². The molecule has 0 aromatic carbocycles. The van der Waals surface area contributed by atoms with Crippen LogP contribution < -0.4 is 0 Å². The summed E-state index contributed by atoms with van der Waals surface area (Å²) < 4.78 is 12.5. The maximum atomic E-state index is 13.7. The summed E-state index contributed by atoms with van der Waals surface area (Å²) in [5.41, 5.74) is -0.520. The van der Waals surface area contributed by atoms with Gasteiger partial charge in [-0.05, 0) is 80.0 Å². The molecule has 0 amide bonds. The van der Waals surface area contributed by atoms with Crippen molar-refractivity contribution in [3.63, 3.8) is 0 Å². The lowest BCUT2D eigenvalue weighted by atomic mass is 9.33. The van der Waals surface area contributed by atoms with Gasteiger partial charge in [-0.2, -0.15) is 0 Å². The summed E-state index contributed by atoms with van der Waals surface area (Å²) in [5.74, 6) is 0.165. The Kier molecular flexibility index (Phi) is 5.06. The summed E-state index contributed by atoms with van der Waals surface area (Å²) in [5, 5.41) is 12.2. The summed E-state index contributed by atoms with van der Waals surface area (Å²) in [6.07, 6.45) is 9.75. The average Bonchev–Trinajstić information content (AvgIpc) is 2.97. The van der Waals surface area contributed by atoms with Crippen LogP contribution in [0, 0.1) is 44.3 Å². The number of carbonyl (C=O) groups excluding carboxylic acids is 2. The lowest BCUT2D eigenvalue weighted by molar-refractivity contribution is -0.248. The topological polar surface area (TPSA) is 72.8 Å². The van der Waals surface area contributed by atoms with Gasteiger partial charge in [-0.25, -0.2) is 0 Å². The lowest BCUT2D eigenvalue weighted by Gasteiger charge is -2.71. The molecule has 0 aromatic rings. The van der Waals surface area contributed by atoms with Gasteiger partial charge in [-0.1, -0.05) is 60.1 Å². The first-order valence-corrected chi connectivity index (χ1v) is 14.8. The van der Waals surface area contributed by atoms with Gasteiger partial charge in [0.05, 0.1) is 5.41 Å². The third kappa shape index (κ3) is 2.81. The zero-order chi connectivity index (χ0) is 27.0. The molecule has 2 bridgehead atoms. The maximum absolute atomic E-state index is 13.7. The molecule has 5 heteroatoms. The van der Waals surface area contributed by atoms with Crippen LogP contribution in [0.1, 0.15) is 113 Å². The van der Waals surface area contributed by atoms with Gasteiger partial charge in [0.2, 0.25) is 0 Å². The Morgan fingerprint density at radius 2 is 1.62 bits per heavy atom. The minimum Gasteiger partial charge on any atom is -0.462 e. The Hall–Kier alpha value is -1.36. The third-order valence-corrected chi connectivity index (χ3v) is 13.6. The average molecular weight is 513 g/mol. The number of ether oxygens (including phenoxy) is 2. The Morgan fingerprint density at radius 1 is 0.946 bits per heavy atom. The van der Waals surface area contributed by atoms with Gasteiger partial charge < -0.3 is 14.6 Å². The van der Waals surface area contributed by atoms with Crippen LogP contribution in [-0.4, -0.2) is 34.9 Å². The van der Waals surface area contributed by atoms with E-state index >= 15 is 0 Å². The van der Waals surface area contributed by atoms with Crippen LogP contribution >= 0.6 is 0 Å². The summed E-state index contributed by atoms with van der Waals surface area (Å²) in [6, 6.07) is 0. The van der Waals surface area contributed by atoms with E-state index in [0.29, 0.717) is 5.92 Å². The molecular weight excluding hydrogens is 464 g/mol. The molecule has 6 rings (SSSR count). The Balaban J connectivity index is 1.49. The zero-order valence-electron chi connectivity index (χ0n) is 24.3. The highest BCUT2D eigenvalue weighted by molar-refractivity contribution is 5.82. The van der Waals surface area contributed by atoms with Crippen molar-refractivity contribution in [2.24, 2.45) is 44.3 Å².